The smallest absolute Gasteiger partial charge is 0.126 e. The molecule has 91 valence electrons. The van der Waals surface area contributed by atoms with Crippen molar-refractivity contribution in [2.45, 2.75) is 18.5 Å². The van der Waals surface area contributed by atoms with Crippen LogP contribution in [0.25, 0.3) is 0 Å². The van der Waals surface area contributed by atoms with Gasteiger partial charge in [0, 0.05) is 32.7 Å². The Labute approximate surface area is 103 Å². The number of piperazine rings is 1. The van der Waals surface area contributed by atoms with E-state index in [1.54, 1.807) is 0 Å². The highest BCUT2D eigenvalue weighted by atomic mass is 15.4. The van der Waals surface area contributed by atoms with Crippen molar-refractivity contribution in [2.24, 2.45) is 0 Å². The van der Waals surface area contributed by atoms with Gasteiger partial charge in [0.05, 0.1) is 0 Å². The van der Waals surface area contributed by atoms with E-state index in [0.717, 1.165) is 19.6 Å². The zero-order valence-corrected chi connectivity index (χ0v) is 10.2. The van der Waals surface area contributed by atoms with Gasteiger partial charge in [0.1, 0.15) is 5.66 Å². The van der Waals surface area contributed by atoms with Crippen molar-refractivity contribution in [1.82, 2.24) is 15.5 Å². The predicted molar refractivity (Wildman–Crippen MR) is 68.8 cm³/mol. The molecule has 1 atom stereocenters. The quantitative estimate of drug-likeness (QED) is 0.825. The molecule has 0 amide bonds. The molecule has 2 heterocycles. The molecule has 3 rings (SSSR count). The minimum atomic E-state index is -0.101. The SMILES string of the molecule is c1ccc(C2(N3CCCC3)CNCC[N]2)cc1. The van der Waals surface area contributed by atoms with Crippen LogP contribution in [0.2, 0.25) is 0 Å². The Bertz CT molecular complexity index is 351. The van der Waals surface area contributed by atoms with E-state index in [1.807, 2.05) is 0 Å². The second-order valence-electron chi connectivity index (χ2n) is 4.94. The third kappa shape index (κ3) is 1.99. The topological polar surface area (TPSA) is 29.4 Å². The fraction of sp³-hybridized carbons (Fsp3) is 0.571. The van der Waals surface area contributed by atoms with Crippen molar-refractivity contribution in [3.63, 3.8) is 0 Å². The van der Waals surface area contributed by atoms with E-state index in [9.17, 15) is 0 Å². The largest absolute Gasteiger partial charge is 0.312 e. The summed E-state index contributed by atoms with van der Waals surface area (Å²) in [6.07, 6.45) is 2.62. The monoisotopic (exact) mass is 230 g/mol. The first-order valence-electron chi connectivity index (χ1n) is 6.62. The van der Waals surface area contributed by atoms with Gasteiger partial charge in [-0.25, -0.2) is 5.32 Å². The third-order valence-corrected chi connectivity index (χ3v) is 3.90. The van der Waals surface area contributed by atoms with Crippen LogP contribution in [-0.4, -0.2) is 37.6 Å². The molecular formula is C14H20N3. The average Bonchev–Trinajstić information content (AvgIpc) is 2.95. The third-order valence-electron chi connectivity index (χ3n) is 3.90. The van der Waals surface area contributed by atoms with Crippen LogP contribution in [0.4, 0.5) is 0 Å². The van der Waals surface area contributed by atoms with Gasteiger partial charge in [0.15, 0.2) is 0 Å². The van der Waals surface area contributed by atoms with Crippen LogP contribution < -0.4 is 10.6 Å². The summed E-state index contributed by atoms with van der Waals surface area (Å²) in [5, 5.41) is 8.49. The summed E-state index contributed by atoms with van der Waals surface area (Å²) in [5.41, 5.74) is 1.24. The number of rotatable bonds is 2. The Morgan fingerprint density at radius 2 is 1.88 bits per heavy atom. The standard InChI is InChI=1S/C14H20N3/c1-2-6-13(7-3-1)14(12-15-8-9-16-14)17-10-4-5-11-17/h1-3,6-7,15H,4-5,8-12H2. The van der Waals surface area contributed by atoms with E-state index >= 15 is 0 Å². The molecule has 0 bridgehead atoms. The second kappa shape index (κ2) is 4.77. The molecule has 1 N–H and O–H groups in total. The highest BCUT2D eigenvalue weighted by Gasteiger charge is 2.41. The average molecular weight is 230 g/mol. The zero-order chi connectivity index (χ0) is 11.6. The van der Waals surface area contributed by atoms with Crippen molar-refractivity contribution in [3.8, 4) is 0 Å². The van der Waals surface area contributed by atoms with Crippen molar-refractivity contribution >= 4 is 0 Å². The van der Waals surface area contributed by atoms with Gasteiger partial charge < -0.3 is 5.32 Å². The Balaban J connectivity index is 1.95. The van der Waals surface area contributed by atoms with Gasteiger partial charge >= 0.3 is 0 Å². The van der Waals surface area contributed by atoms with E-state index in [1.165, 1.54) is 31.5 Å². The molecule has 0 aromatic heterocycles. The summed E-state index contributed by atoms with van der Waals surface area (Å²) < 4.78 is 0. The van der Waals surface area contributed by atoms with Crippen molar-refractivity contribution in [3.05, 3.63) is 35.9 Å². The molecule has 1 radical (unpaired) electrons. The minimum Gasteiger partial charge on any atom is -0.312 e. The van der Waals surface area contributed by atoms with Gasteiger partial charge in [-0.1, -0.05) is 30.3 Å². The molecule has 0 aliphatic carbocycles. The first-order chi connectivity index (χ1) is 8.42. The maximum atomic E-state index is 4.98. The van der Waals surface area contributed by atoms with Crippen LogP contribution in [0.15, 0.2) is 30.3 Å². The summed E-state index contributed by atoms with van der Waals surface area (Å²) >= 11 is 0. The lowest BCUT2D eigenvalue weighted by molar-refractivity contribution is 0.0553. The minimum absolute atomic E-state index is 0.101. The first kappa shape index (κ1) is 11.2. The van der Waals surface area contributed by atoms with Crippen LogP contribution in [0.1, 0.15) is 18.4 Å². The maximum absolute atomic E-state index is 4.98. The van der Waals surface area contributed by atoms with Crippen molar-refractivity contribution < 1.29 is 0 Å². The van der Waals surface area contributed by atoms with Gasteiger partial charge in [-0.15, -0.1) is 0 Å². The lowest BCUT2D eigenvalue weighted by Crippen LogP contribution is -2.61. The predicted octanol–water partition coefficient (Wildman–Crippen LogP) is 1.14. The number of hydrogen-bond acceptors (Lipinski definition) is 2. The maximum Gasteiger partial charge on any atom is 0.126 e. The summed E-state index contributed by atoms with van der Waals surface area (Å²) in [6.45, 7) is 5.25. The van der Waals surface area contributed by atoms with Gasteiger partial charge in [-0.3, -0.25) is 4.90 Å². The molecule has 1 unspecified atom stereocenters. The van der Waals surface area contributed by atoms with Gasteiger partial charge in [-0.2, -0.15) is 0 Å². The Kier molecular flexibility index (Phi) is 3.14. The molecule has 3 heteroatoms. The molecule has 2 aliphatic rings. The normalized spacial score (nSPS) is 30.6. The lowest BCUT2D eigenvalue weighted by Gasteiger charge is -2.44. The first-order valence-corrected chi connectivity index (χ1v) is 6.62. The molecule has 3 nitrogen and oxygen atoms in total. The molecule has 0 spiro atoms. The molecule has 2 aliphatic heterocycles. The molecular weight excluding hydrogens is 210 g/mol. The molecule has 0 saturated carbocycles. The number of likely N-dealkylation sites (tertiary alicyclic amines) is 1. The van der Waals surface area contributed by atoms with Crippen LogP contribution in [0.5, 0.6) is 0 Å². The summed E-state index contributed by atoms with van der Waals surface area (Å²) in [7, 11) is 0. The van der Waals surface area contributed by atoms with E-state index in [2.05, 4.69) is 40.5 Å². The zero-order valence-electron chi connectivity index (χ0n) is 10.2. The fourth-order valence-corrected chi connectivity index (χ4v) is 3.02. The number of nitrogens with one attached hydrogen (secondary N) is 1. The lowest BCUT2D eigenvalue weighted by atomic mass is 9.95. The van der Waals surface area contributed by atoms with Crippen LogP contribution >= 0.6 is 0 Å². The highest BCUT2D eigenvalue weighted by Crippen LogP contribution is 2.31. The summed E-state index contributed by atoms with van der Waals surface area (Å²) in [4.78, 5) is 2.55. The Morgan fingerprint density at radius 3 is 2.53 bits per heavy atom. The van der Waals surface area contributed by atoms with Gasteiger partial charge in [0.25, 0.3) is 0 Å². The van der Waals surface area contributed by atoms with E-state index in [0.29, 0.717) is 0 Å². The highest BCUT2D eigenvalue weighted by molar-refractivity contribution is 5.25. The van der Waals surface area contributed by atoms with Crippen molar-refractivity contribution in [1.29, 1.82) is 0 Å². The van der Waals surface area contributed by atoms with Crippen LogP contribution in [-0.2, 0) is 5.66 Å². The van der Waals surface area contributed by atoms with Gasteiger partial charge in [0.2, 0.25) is 0 Å². The number of nitrogens with zero attached hydrogens (tertiary/aromatic N) is 2. The summed E-state index contributed by atoms with van der Waals surface area (Å²) in [6, 6.07) is 10.8. The van der Waals surface area contributed by atoms with E-state index < -0.39 is 0 Å². The van der Waals surface area contributed by atoms with Crippen LogP contribution in [0, 0.1) is 0 Å². The Morgan fingerprint density at radius 1 is 1.12 bits per heavy atom. The van der Waals surface area contributed by atoms with Crippen LogP contribution in [0.3, 0.4) is 0 Å². The molecule has 17 heavy (non-hydrogen) atoms. The van der Waals surface area contributed by atoms with Gasteiger partial charge in [-0.05, 0) is 18.4 Å². The summed E-state index contributed by atoms with van der Waals surface area (Å²) in [5.74, 6) is 0. The van der Waals surface area contributed by atoms with Crippen molar-refractivity contribution in [2.75, 3.05) is 32.7 Å². The van der Waals surface area contributed by atoms with E-state index in [-0.39, 0.29) is 5.66 Å². The molecule has 2 fully saturated rings. The molecule has 2 saturated heterocycles. The van der Waals surface area contributed by atoms with E-state index in [4.69, 9.17) is 5.32 Å². The number of hydrogen-bond donors (Lipinski definition) is 1. The molecule has 1 aromatic carbocycles. The Hall–Kier alpha value is -0.900. The fourth-order valence-electron chi connectivity index (χ4n) is 3.02. The molecule has 1 aromatic rings. The number of benzene rings is 1. The second-order valence-corrected chi connectivity index (χ2v) is 4.94.